The average Bonchev–Trinajstić information content (AvgIpc) is 3.13. The monoisotopic (exact) mass is 478 g/mol. The summed E-state index contributed by atoms with van der Waals surface area (Å²) in [7, 11) is 0. The lowest BCUT2D eigenvalue weighted by atomic mass is 9.80. The van der Waals surface area contributed by atoms with Crippen LogP contribution in [0.15, 0.2) is 48.5 Å². The number of benzene rings is 2. The Labute approximate surface area is 206 Å². The number of carboxylic acids is 1. The van der Waals surface area contributed by atoms with Gasteiger partial charge in [-0.05, 0) is 54.9 Å². The van der Waals surface area contributed by atoms with Crippen molar-refractivity contribution in [2.45, 2.75) is 64.0 Å². The smallest absolute Gasteiger partial charge is 0.407 e. The predicted molar refractivity (Wildman–Crippen MR) is 133 cm³/mol. The highest BCUT2D eigenvalue weighted by Gasteiger charge is 2.35. The molecular formula is C28H34N2O5. The van der Waals surface area contributed by atoms with Crippen LogP contribution in [0, 0.1) is 11.8 Å². The molecule has 7 heteroatoms. The molecule has 0 aromatic heterocycles. The van der Waals surface area contributed by atoms with Crippen LogP contribution in [0.25, 0.3) is 11.1 Å². The standard InChI is InChI=1S/C28H34N2O5/c1-17(26(31)30-20-14-19(15-20)27(32)33)8-7-9-18(2)29-28(34)35-16-25-23-12-5-3-10-21(23)22-11-4-6-13-24(22)25/h3-6,10-13,17-20,25H,7-9,14-16H2,1-2H3,(H,29,34)(H,30,31)(H,32,33). The Morgan fingerprint density at radius 2 is 1.57 bits per heavy atom. The van der Waals surface area contributed by atoms with Crippen LogP contribution >= 0.6 is 0 Å². The molecule has 2 atom stereocenters. The molecule has 3 N–H and O–H groups in total. The summed E-state index contributed by atoms with van der Waals surface area (Å²) in [4.78, 5) is 35.6. The van der Waals surface area contributed by atoms with Gasteiger partial charge in [0.2, 0.25) is 5.91 Å². The van der Waals surface area contributed by atoms with Gasteiger partial charge in [-0.15, -0.1) is 0 Å². The molecule has 0 aliphatic heterocycles. The minimum Gasteiger partial charge on any atom is -0.481 e. The van der Waals surface area contributed by atoms with Gasteiger partial charge in [0.05, 0.1) is 5.92 Å². The SMILES string of the molecule is CC(CCCC(C)C(=O)NC1CC(C(=O)O)C1)NC(=O)OCC1c2ccccc2-c2ccccc21. The van der Waals surface area contributed by atoms with Crippen LogP contribution in [-0.4, -0.2) is 41.8 Å². The number of aliphatic carboxylic acids is 1. The van der Waals surface area contributed by atoms with E-state index in [1.807, 2.05) is 38.1 Å². The fourth-order valence-electron chi connectivity index (χ4n) is 5.06. The number of ether oxygens (including phenoxy) is 1. The highest BCUT2D eigenvalue weighted by Crippen LogP contribution is 2.44. The van der Waals surface area contributed by atoms with Crippen molar-refractivity contribution in [1.29, 1.82) is 0 Å². The first-order valence-electron chi connectivity index (χ1n) is 12.5. The van der Waals surface area contributed by atoms with E-state index in [4.69, 9.17) is 9.84 Å². The predicted octanol–water partition coefficient (Wildman–Crippen LogP) is 4.70. The first kappa shape index (κ1) is 24.8. The molecule has 1 fully saturated rings. The highest BCUT2D eigenvalue weighted by atomic mass is 16.5. The zero-order chi connectivity index (χ0) is 24.9. The van der Waals surface area contributed by atoms with Crippen molar-refractivity contribution in [3.05, 3.63) is 59.7 Å². The highest BCUT2D eigenvalue weighted by molar-refractivity contribution is 5.80. The molecular weight excluding hydrogens is 444 g/mol. The third-order valence-corrected chi connectivity index (χ3v) is 7.26. The number of carboxylic acid groups (broad SMARTS) is 1. The number of amides is 2. The molecule has 0 bridgehead atoms. The molecule has 0 heterocycles. The molecule has 35 heavy (non-hydrogen) atoms. The van der Waals surface area contributed by atoms with Gasteiger partial charge in [-0.3, -0.25) is 9.59 Å². The van der Waals surface area contributed by atoms with Crippen LogP contribution in [0.2, 0.25) is 0 Å². The Morgan fingerprint density at radius 3 is 2.17 bits per heavy atom. The average molecular weight is 479 g/mol. The first-order chi connectivity index (χ1) is 16.8. The molecule has 1 saturated carbocycles. The van der Waals surface area contributed by atoms with Gasteiger partial charge in [-0.1, -0.05) is 61.9 Å². The number of carbonyl (C=O) groups is 3. The summed E-state index contributed by atoms with van der Waals surface area (Å²) < 4.78 is 5.61. The third-order valence-electron chi connectivity index (χ3n) is 7.26. The number of carbonyl (C=O) groups excluding carboxylic acids is 2. The van der Waals surface area contributed by atoms with E-state index in [1.165, 1.54) is 22.3 Å². The van der Waals surface area contributed by atoms with Crippen molar-refractivity contribution < 1.29 is 24.2 Å². The fraction of sp³-hybridized carbons (Fsp3) is 0.464. The molecule has 0 saturated heterocycles. The third kappa shape index (κ3) is 5.84. The van der Waals surface area contributed by atoms with Gasteiger partial charge in [0, 0.05) is 23.9 Å². The Morgan fingerprint density at radius 1 is 0.971 bits per heavy atom. The van der Waals surface area contributed by atoms with Crippen molar-refractivity contribution in [1.82, 2.24) is 10.6 Å². The lowest BCUT2D eigenvalue weighted by molar-refractivity contribution is -0.146. The molecule has 0 radical (unpaired) electrons. The number of rotatable bonds is 10. The molecule has 2 amide bonds. The minimum absolute atomic E-state index is 0.0276. The van der Waals surface area contributed by atoms with E-state index in [0.717, 1.165) is 12.8 Å². The molecule has 186 valence electrons. The summed E-state index contributed by atoms with van der Waals surface area (Å²) in [6.07, 6.45) is 2.83. The Balaban J connectivity index is 1.16. The van der Waals surface area contributed by atoms with Crippen molar-refractivity contribution in [3.8, 4) is 11.1 Å². The normalized spacial score (nSPS) is 20.1. The molecule has 2 aliphatic carbocycles. The quantitative estimate of drug-likeness (QED) is 0.459. The van der Waals surface area contributed by atoms with Crippen LogP contribution in [-0.2, 0) is 14.3 Å². The summed E-state index contributed by atoms with van der Waals surface area (Å²) >= 11 is 0. The molecule has 2 unspecified atom stereocenters. The van der Waals surface area contributed by atoms with Crippen LogP contribution < -0.4 is 10.6 Å². The first-order valence-corrected chi connectivity index (χ1v) is 12.5. The Bertz CT molecular complexity index is 1030. The van der Waals surface area contributed by atoms with Crippen molar-refractivity contribution in [2.75, 3.05) is 6.61 Å². The van der Waals surface area contributed by atoms with E-state index in [0.29, 0.717) is 19.3 Å². The number of nitrogens with one attached hydrogen (secondary N) is 2. The van der Waals surface area contributed by atoms with E-state index >= 15 is 0 Å². The molecule has 4 rings (SSSR count). The van der Waals surface area contributed by atoms with Gasteiger partial charge in [0.15, 0.2) is 0 Å². The maximum atomic E-state index is 12.4. The van der Waals surface area contributed by atoms with Gasteiger partial charge < -0.3 is 20.5 Å². The summed E-state index contributed by atoms with van der Waals surface area (Å²) in [5.41, 5.74) is 4.76. The summed E-state index contributed by atoms with van der Waals surface area (Å²) in [5, 5.41) is 14.8. The van der Waals surface area contributed by atoms with Crippen LogP contribution in [0.4, 0.5) is 4.79 Å². The van der Waals surface area contributed by atoms with Crippen molar-refractivity contribution in [3.63, 3.8) is 0 Å². The lowest BCUT2D eigenvalue weighted by Crippen LogP contribution is -2.48. The van der Waals surface area contributed by atoms with Gasteiger partial charge >= 0.3 is 12.1 Å². The van der Waals surface area contributed by atoms with Gasteiger partial charge in [-0.25, -0.2) is 4.79 Å². The second kappa shape index (κ2) is 10.9. The number of hydrogen-bond acceptors (Lipinski definition) is 4. The summed E-state index contributed by atoms with van der Waals surface area (Å²) in [6, 6.07) is 16.4. The van der Waals surface area contributed by atoms with Crippen LogP contribution in [0.5, 0.6) is 0 Å². The maximum absolute atomic E-state index is 12.4. The van der Waals surface area contributed by atoms with Gasteiger partial charge in [0.25, 0.3) is 0 Å². The Hall–Kier alpha value is -3.35. The van der Waals surface area contributed by atoms with E-state index in [1.54, 1.807) is 0 Å². The van der Waals surface area contributed by atoms with Crippen molar-refractivity contribution >= 4 is 18.0 Å². The molecule has 0 spiro atoms. The molecule has 7 nitrogen and oxygen atoms in total. The van der Waals surface area contributed by atoms with Crippen LogP contribution in [0.1, 0.15) is 63.0 Å². The van der Waals surface area contributed by atoms with Gasteiger partial charge in [0.1, 0.15) is 6.61 Å². The van der Waals surface area contributed by atoms with E-state index in [-0.39, 0.29) is 42.4 Å². The largest absolute Gasteiger partial charge is 0.481 e. The molecule has 2 aromatic carbocycles. The summed E-state index contributed by atoms with van der Waals surface area (Å²) in [6.45, 7) is 4.10. The van der Waals surface area contributed by atoms with Crippen molar-refractivity contribution in [2.24, 2.45) is 11.8 Å². The maximum Gasteiger partial charge on any atom is 0.407 e. The topological polar surface area (TPSA) is 105 Å². The molecule has 2 aliphatic rings. The zero-order valence-electron chi connectivity index (χ0n) is 20.3. The number of alkyl carbamates (subject to hydrolysis) is 1. The second-order valence-corrected chi connectivity index (χ2v) is 9.91. The number of fused-ring (bicyclic) bond motifs is 3. The van der Waals surface area contributed by atoms with Gasteiger partial charge in [-0.2, -0.15) is 0 Å². The van der Waals surface area contributed by atoms with E-state index in [9.17, 15) is 14.4 Å². The van der Waals surface area contributed by atoms with E-state index < -0.39 is 12.1 Å². The Kier molecular flexibility index (Phi) is 7.73. The number of hydrogen-bond donors (Lipinski definition) is 3. The molecule has 2 aromatic rings. The van der Waals surface area contributed by atoms with Crippen LogP contribution in [0.3, 0.4) is 0 Å². The fourth-order valence-corrected chi connectivity index (χ4v) is 5.06. The van der Waals surface area contributed by atoms with E-state index in [2.05, 4.69) is 34.9 Å². The second-order valence-electron chi connectivity index (χ2n) is 9.91. The lowest BCUT2D eigenvalue weighted by Gasteiger charge is -2.33. The summed E-state index contributed by atoms with van der Waals surface area (Å²) in [5.74, 6) is -1.28. The zero-order valence-corrected chi connectivity index (χ0v) is 20.3. The minimum atomic E-state index is -0.790.